The summed E-state index contributed by atoms with van der Waals surface area (Å²) >= 11 is 6.27. The lowest BCUT2D eigenvalue weighted by Crippen LogP contribution is -2.39. The van der Waals surface area contributed by atoms with E-state index in [1.807, 2.05) is 6.07 Å². The Morgan fingerprint density at radius 3 is 2.75 bits per heavy atom. The molecule has 32 heavy (non-hydrogen) atoms. The van der Waals surface area contributed by atoms with Crippen LogP contribution in [0.15, 0.2) is 33.8 Å². The van der Waals surface area contributed by atoms with Gasteiger partial charge in [-0.25, -0.2) is 4.98 Å². The van der Waals surface area contributed by atoms with Gasteiger partial charge in [0.15, 0.2) is 5.69 Å². The summed E-state index contributed by atoms with van der Waals surface area (Å²) in [6.07, 6.45) is 2.76. The smallest absolute Gasteiger partial charge is 0.279 e. The first kappa shape index (κ1) is 19.9. The van der Waals surface area contributed by atoms with Crippen molar-refractivity contribution in [3.8, 4) is 11.6 Å². The molecule has 3 aromatic heterocycles. The zero-order chi connectivity index (χ0) is 21.9. The highest BCUT2D eigenvalue weighted by molar-refractivity contribution is 6.31. The Balaban J connectivity index is 1.49. The molecule has 166 valence electrons. The van der Waals surface area contributed by atoms with Crippen LogP contribution < -0.4 is 5.56 Å². The van der Waals surface area contributed by atoms with E-state index in [0.717, 1.165) is 24.1 Å². The summed E-state index contributed by atoms with van der Waals surface area (Å²) in [7, 11) is 0. The fourth-order valence-electron chi connectivity index (χ4n) is 4.18. The monoisotopic (exact) mass is 456 g/mol. The van der Waals surface area contributed by atoms with E-state index < -0.39 is 5.60 Å². The molecule has 0 unspecified atom stereocenters. The lowest BCUT2D eigenvalue weighted by Gasteiger charge is -2.27. The third-order valence-corrected chi connectivity index (χ3v) is 6.45. The molecule has 0 amide bonds. The molecule has 4 heterocycles. The predicted molar refractivity (Wildman–Crippen MR) is 116 cm³/mol. The van der Waals surface area contributed by atoms with E-state index in [-0.39, 0.29) is 17.3 Å². The Hall–Kier alpha value is -2.79. The fraction of sp³-hybridized carbons (Fsp3) is 0.429. The topological polar surface area (TPSA) is 111 Å². The van der Waals surface area contributed by atoms with Gasteiger partial charge in [0, 0.05) is 31.2 Å². The van der Waals surface area contributed by atoms with Crippen LogP contribution in [0.5, 0.6) is 0 Å². The Kier molecular flexibility index (Phi) is 4.58. The maximum absolute atomic E-state index is 13.7. The van der Waals surface area contributed by atoms with Crippen LogP contribution in [0, 0.1) is 0 Å². The van der Waals surface area contributed by atoms with Gasteiger partial charge in [-0.3, -0.25) is 14.1 Å². The Labute approximate surface area is 187 Å². The van der Waals surface area contributed by atoms with E-state index in [2.05, 4.69) is 20.0 Å². The average Bonchev–Trinajstić information content (AvgIpc) is 3.19. The molecule has 1 aromatic carbocycles. The number of halogens is 1. The first-order valence-electron chi connectivity index (χ1n) is 10.6. The maximum Gasteiger partial charge on any atom is 0.279 e. The van der Waals surface area contributed by atoms with E-state index in [4.69, 9.17) is 20.9 Å². The normalized spacial score (nSPS) is 18.6. The highest BCUT2D eigenvalue weighted by atomic mass is 35.5. The number of hydrogen-bond donors (Lipinski definition) is 1. The molecular weight excluding hydrogens is 436 g/mol. The summed E-state index contributed by atoms with van der Waals surface area (Å²) in [6, 6.07) is 5.45. The molecule has 6 rings (SSSR count). The van der Waals surface area contributed by atoms with Gasteiger partial charge in [0.05, 0.1) is 24.2 Å². The zero-order valence-corrected chi connectivity index (χ0v) is 18.0. The van der Waals surface area contributed by atoms with Gasteiger partial charge in [0.1, 0.15) is 17.4 Å². The Morgan fingerprint density at radius 2 is 1.97 bits per heavy atom. The summed E-state index contributed by atoms with van der Waals surface area (Å²) in [5, 5.41) is 14.7. The third-order valence-electron chi connectivity index (χ3n) is 6.22. The molecule has 2 aliphatic rings. The fourth-order valence-corrected chi connectivity index (χ4v) is 4.35. The van der Waals surface area contributed by atoms with Crippen LogP contribution in [0.3, 0.4) is 0 Å². The quantitative estimate of drug-likeness (QED) is 0.482. The zero-order valence-electron chi connectivity index (χ0n) is 17.2. The summed E-state index contributed by atoms with van der Waals surface area (Å²) < 4.78 is 14.3. The number of hydrogen-bond acceptors (Lipinski definition) is 8. The SMILES string of the molecule is O=c1c2c(-c3nc(C4(O)CC4)no3)ncn2c2ccc(Cl)cc2n1CCN1CCOCC1. The van der Waals surface area contributed by atoms with Crippen molar-refractivity contribution in [3.63, 3.8) is 0 Å². The number of benzene rings is 1. The van der Waals surface area contributed by atoms with Crippen molar-refractivity contribution in [1.82, 2.24) is 29.0 Å². The molecular formula is C21H21ClN6O4. The minimum Gasteiger partial charge on any atom is -0.382 e. The lowest BCUT2D eigenvalue weighted by atomic mass is 10.2. The van der Waals surface area contributed by atoms with Gasteiger partial charge in [-0.2, -0.15) is 4.98 Å². The van der Waals surface area contributed by atoms with Gasteiger partial charge >= 0.3 is 0 Å². The molecule has 4 aromatic rings. The number of aromatic nitrogens is 5. The second-order valence-electron chi connectivity index (χ2n) is 8.31. The molecule has 1 aliphatic heterocycles. The van der Waals surface area contributed by atoms with Crippen molar-refractivity contribution in [2.24, 2.45) is 0 Å². The standard InChI is InChI=1S/C21H21ClN6O4/c22-13-1-2-14-15(11-13)27(6-5-26-7-9-31-10-8-26)19(29)17-16(23-12-28(14)17)18-24-20(25-32-18)21(30)3-4-21/h1-2,11-12,30H,3-10H2. The average molecular weight is 457 g/mol. The molecule has 1 N–H and O–H groups in total. The molecule has 1 saturated heterocycles. The molecule has 0 spiro atoms. The van der Waals surface area contributed by atoms with Crippen LogP contribution in [0.1, 0.15) is 18.7 Å². The van der Waals surface area contributed by atoms with E-state index >= 15 is 0 Å². The number of rotatable bonds is 5. The van der Waals surface area contributed by atoms with Crippen molar-refractivity contribution in [1.29, 1.82) is 0 Å². The second-order valence-corrected chi connectivity index (χ2v) is 8.75. The van der Waals surface area contributed by atoms with Crippen LogP contribution in [0.2, 0.25) is 5.02 Å². The largest absolute Gasteiger partial charge is 0.382 e. The summed E-state index contributed by atoms with van der Waals surface area (Å²) in [4.78, 5) is 24.7. The Morgan fingerprint density at radius 1 is 1.16 bits per heavy atom. The van der Waals surface area contributed by atoms with E-state index in [1.165, 1.54) is 0 Å². The van der Waals surface area contributed by atoms with E-state index in [9.17, 15) is 9.90 Å². The molecule has 0 radical (unpaired) electrons. The van der Waals surface area contributed by atoms with Crippen LogP contribution >= 0.6 is 11.6 Å². The number of aliphatic hydroxyl groups is 1. The second kappa shape index (κ2) is 7.38. The van der Waals surface area contributed by atoms with Gasteiger partial charge in [0.2, 0.25) is 5.82 Å². The van der Waals surface area contributed by atoms with Crippen LogP contribution in [-0.2, 0) is 16.9 Å². The lowest BCUT2D eigenvalue weighted by molar-refractivity contribution is 0.0364. The first-order valence-corrected chi connectivity index (χ1v) is 11.0. The molecule has 1 saturated carbocycles. The summed E-state index contributed by atoms with van der Waals surface area (Å²) in [5.41, 5.74) is 0.926. The van der Waals surface area contributed by atoms with Crippen molar-refractivity contribution in [2.45, 2.75) is 25.0 Å². The Bertz CT molecular complexity index is 1380. The van der Waals surface area contributed by atoms with Crippen molar-refractivity contribution in [2.75, 3.05) is 32.8 Å². The number of morpholine rings is 1. The first-order chi connectivity index (χ1) is 15.5. The number of nitrogens with zero attached hydrogens (tertiary/aromatic N) is 6. The van der Waals surface area contributed by atoms with Crippen LogP contribution in [-0.4, -0.2) is 66.9 Å². The van der Waals surface area contributed by atoms with Crippen LogP contribution in [0.4, 0.5) is 0 Å². The molecule has 1 aliphatic carbocycles. The molecule has 0 bridgehead atoms. The molecule has 2 fully saturated rings. The van der Waals surface area contributed by atoms with Crippen molar-refractivity contribution >= 4 is 28.2 Å². The van der Waals surface area contributed by atoms with E-state index in [1.54, 1.807) is 27.4 Å². The predicted octanol–water partition coefficient (Wildman–Crippen LogP) is 1.67. The minimum absolute atomic E-state index is 0.118. The van der Waals surface area contributed by atoms with Crippen molar-refractivity contribution < 1.29 is 14.4 Å². The molecule has 10 nitrogen and oxygen atoms in total. The van der Waals surface area contributed by atoms with Gasteiger partial charge < -0.3 is 18.9 Å². The molecule has 0 atom stereocenters. The summed E-state index contributed by atoms with van der Waals surface area (Å²) in [6.45, 7) is 4.26. The minimum atomic E-state index is -1.03. The van der Waals surface area contributed by atoms with Crippen LogP contribution in [0.25, 0.3) is 28.1 Å². The number of imidazole rings is 1. The summed E-state index contributed by atoms with van der Waals surface area (Å²) in [5.74, 6) is 0.349. The maximum atomic E-state index is 13.7. The van der Waals surface area contributed by atoms with Gasteiger partial charge in [-0.1, -0.05) is 16.8 Å². The van der Waals surface area contributed by atoms with E-state index in [0.29, 0.717) is 55.4 Å². The van der Waals surface area contributed by atoms with Gasteiger partial charge in [0.25, 0.3) is 11.4 Å². The highest BCUT2D eigenvalue weighted by Gasteiger charge is 2.47. The number of ether oxygens (including phenoxy) is 1. The highest BCUT2D eigenvalue weighted by Crippen LogP contribution is 2.44. The third kappa shape index (κ3) is 3.22. The van der Waals surface area contributed by atoms with Gasteiger partial charge in [-0.05, 0) is 31.0 Å². The van der Waals surface area contributed by atoms with Gasteiger partial charge in [-0.15, -0.1) is 0 Å². The number of fused-ring (bicyclic) bond motifs is 3. The van der Waals surface area contributed by atoms with Crippen molar-refractivity contribution in [3.05, 3.63) is 45.7 Å². The molecule has 11 heteroatoms.